The van der Waals surface area contributed by atoms with Crippen molar-refractivity contribution in [3.05, 3.63) is 57.9 Å². The number of carbonyl (C=O) groups is 1. The maximum atomic E-state index is 11.7. The monoisotopic (exact) mass is 247 g/mol. The predicted octanol–water partition coefficient (Wildman–Crippen LogP) is 0.402. The van der Waals surface area contributed by atoms with Crippen LogP contribution in [0.5, 0.6) is 0 Å². The van der Waals surface area contributed by atoms with Crippen LogP contribution in [0.3, 0.4) is 0 Å². The number of hydrogen-bond donors (Lipinski definition) is 2. The number of aryl methyl sites for hydroxylation is 1. The Morgan fingerprint density at radius 1 is 1.44 bits per heavy atom. The summed E-state index contributed by atoms with van der Waals surface area (Å²) in [6.07, 6.45) is 1.39. The number of nitrogens with zero attached hydrogens (tertiary/aromatic N) is 1. The largest absolute Gasteiger partial charge is 0.467 e. The Balaban J connectivity index is 2.38. The lowest BCUT2D eigenvalue weighted by Crippen LogP contribution is -2.31. The van der Waals surface area contributed by atoms with Crippen molar-refractivity contribution < 1.29 is 9.21 Å². The van der Waals surface area contributed by atoms with Crippen molar-refractivity contribution >= 4 is 5.91 Å². The fourth-order valence-corrected chi connectivity index (χ4v) is 1.71. The Bertz CT molecular complexity index is 627. The quantitative estimate of drug-likeness (QED) is 0.466. The van der Waals surface area contributed by atoms with Gasteiger partial charge >= 0.3 is 0 Å². The van der Waals surface area contributed by atoms with Crippen molar-refractivity contribution in [2.24, 2.45) is 5.84 Å². The van der Waals surface area contributed by atoms with Gasteiger partial charge in [0.2, 0.25) is 0 Å². The van der Waals surface area contributed by atoms with E-state index in [9.17, 15) is 9.59 Å². The summed E-state index contributed by atoms with van der Waals surface area (Å²) in [5.41, 5.74) is 3.01. The first kappa shape index (κ1) is 12.1. The molecule has 6 nitrogen and oxygen atoms in total. The molecule has 0 radical (unpaired) electrons. The Labute approximate surface area is 103 Å². The third-order valence-corrected chi connectivity index (χ3v) is 2.69. The summed E-state index contributed by atoms with van der Waals surface area (Å²) in [4.78, 5) is 23.2. The Hall–Kier alpha value is -2.34. The zero-order valence-corrected chi connectivity index (χ0v) is 9.84. The summed E-state index contributed by atoms with van der Waals surface area (Å²) < 4.78 is 6.75. The van der Waals surface area contributed by atoms with E-state index in [1.54, 1.807) is 6.07 Å². The van der Waals surface area contributed by atoms with E-state index < -0.39 is 5.91 Å². The summed E-state index contributed by atoms with van der Waals surface area (Å²) in [5.74, 6) is 5.03. The van der Waals surface area contributed by atoms with E-state index in [2.05, 4.69) is 0 Å². The predicted molar refractivity (Wildman–Crippen MR) is 64.9 cm³/mol. The molecule has 0 fully saturated rings. The van der Waals surface area contributed by atoms with E-state index in [1.807, 2.05) is 18.4 Å². The molecule has 0 spiro atoms. The van der Waals surface area contributed by atoms with Gasteiger partial charge in [0.15, 0.2) is 0 Å². The van der Waals surface area contributed by atoms with Crippen LogP contribution in [0.2, 0.25) is 0 Å². The van der Waals surface area contributed by atoms with Gasteiger partial charge in [0.25, 0.3) is 11.5 Å². The first-order chi connectivity index (χ1) is 8.63. The molecule has 2 aromatic rings. The van der Waals surface area contributed by atoms with Crippen LogP contribution >= 0.6 is 0 Å². The van der Waals surface area contributed by atoms with Gasteiger partial charge in [-0.15, -0.1) is 0 Å². The molecule has 94 valence electrons. The molecular weight excluding hydrogens is 234 g/mol. The van der Waals surface area contributed by atoms with Gasteiger partial charge in [-0.1, -0.05) is 6.07 Å². The molecular formula is C12H13N3O3. The Kier molecular flexibility index (Phi) is 3.29. The molecule has 1 amide bonds. The van der Waals surface area contributed by atoms with Crippen molar-refractivity contribution in [1.82, 2.24) is 9.99 Å². The van der Waals surface area contributed by atoms with Crippen LogP contribution in [-0.4, -0.2) is 10.5 Å². The van der Waals surface area contributed by atoms with Crippen LogP contribution in [0.15, 0.2) is 39.7 Å². The number of hydrogen-bond acceptors (Lipinski definition) is 4. The first-order valence-corrected chi connectivity index (χ1v) is 5.37. The molecule has 6 heteroatoms. The highest BCUT2D eigenvalue weighted by Gasteiger charge is 2.14. The van der Waals surface area contributed by atoms with Gasteiger partial charge in [-0.25, -0.2) is 5.84 Å². The van der Waals surface area contributed by atoms with Gasteiger partial charge in [0.1, 0.15) is 5.76 Å². The molecule has 3 N–H and O–H groups in total. The van der Waals surface area contributed by atoms with E-state index in [0.29, 0.717) is 11.3 Å². The highest BCUT2D eigenvalue weighted by molar-refractivity contribution is 5.94. The van der Waals surface area contributed by atoms with Crippen LogP contribution < -0.4 is 16.8 Å². The number of furan rings is 1. The van der Waals surface area contributed by atoms with Crippen molar-refractivity contribution in [1.29, 1.82) is 0 Å². The van der Waals surface area contributed by atoms with Gasteiger partial charge in [-0.05, 0) is 19.1 Å². The van der Waals surface area contributed by atoms with Crippen molar-refractivity contribution in [2.75, 3.05) is 0 Å². The zero-order chi connectivity index (χ0) is 13.1. The maximum absolute atomic E-state index is 11.7. The second-order valence-corrected chi connectivity index (χ2v) is 3.82. The number of nitrogens with one attached hydrogen (secondary N) is 1. The van der Waals surface area contributed by atoms with E-state index in [-0.39, 0.29) is 12.1 Å². The summed E-state index contributed by atoms with van der Waals surface area (Å²) in [6, 6.07) is 6.47. The van der Waals surface area contributed by atoms with Gasteiger partial charge in [0.05, 0.1) is 18.4 Å². The average Bonchev–Trinajstić information content (AvgIpc) is 2.81. The summed E-state index contributed by atoms with van der Waals surface area (Å²) in [6.45, 7) is 2.01. The van der Waals surface area contributed by atoms with Crippen LogP contribution in [0, 0.1) is 6.92 Å². The smallest absolute Gasteiger partial charge is 0.268 e. The molecule has 0 saturated carbocycles. The number of aromatic nitrogens is 1. The minimum Gasteiger partial charge on any atom is -0.467 e. The number of hydrazine groups is 1. The first-order valence-electron chi connectivity index (χ1n) is 5.37. The topological polar surface area (TPSA) is 90.3 Å². The average molecular weight is 247 g/mol. The van der Waals surface area contributed by atoms with Gasteiger partial charge < -0.3 is 8.98 Å². The second kappa shape index (κ2) is 4.89. The molecule has 0 aromatic carbocycles. The molecule has 0 aliphatic carbocycles. The van der Waals surface area contributed by atoms with E-state index in [1.165, 1.54) is 23.0 Å². The van der Waals surface area contributed by atoms with Crippen LogP contribution in [-0.2, 0) is 6.54 Å². The fraction of sp³-hybridized carbons (Fsp3) is 0.167. The lowest BCUT2D eigenvalue weighted by Gasteiger charge is -2.08. The molecule has 2 rings (SSSR count). The fourth-order valence-electron chi connectivity index (χ4n) is 1.71. The zero-order valence-electron chi connectivity index (χ0n) is 9.84. The number of nitrogens with two attached hydrogens (primary N) is 1. The number of rotatable bonds is 3. The summed E-state index contributed by atoms with van der Waals surface area (Å²) in [5, 5.41) is 0. The number of carbonyl (C=O) groups excluding carboxylic acids is 1. The minimum atomic E-state index is -0.444. The highest BCUT2D eigenvalue weighted by Crippen LogP contribution is 2.12. The van der Waals surface area contributed by atoms with E-state index in [4.69, 9.17) is 10.3 Å². The number of nitrogen functional groups attached to an aromatic ring is 1. The lowest BCUT2D eigenvalue weighted by atomic mass is 10.2. The molecule has 0 aliphatic rings. The lowest BCUT2D eigenvalue weighted by molar-refractivity contribution is 0.0951. The number of pyridine rings is 1. The molecule has 0 atom stereocenters. The third kappa shape index (κ3) is 2.18. The minimum absolute atomic E-state index is 0.148. The maximum Gasteiger partial charge on any atom is 0.268 e. The third-order valence-electron chi connectivity index (χ3n) is 2.69. The van der Waals surface area contributed by atoms with Crippen molar-refractivity contribution in [2.45, 2.75) is 13.5 Å². The normalized spacial score (nSPS) is 10.3. The van der Waals surface area contributed by atoms with Gasteiger partial charge in [-0.3, -0.25) is 15.0 Å². The Morgan fingerprint density at radius 2 is 2.22 bits per heavy atom. The Morgan fingerprint density at radius 3 is 2.89 bits per heavy atom. The summed E-state index contributed by atoms with van der Waals surface area (Å²) >= 11 is 0. The van der Waals surface area contributed by atoms with Gasteiger partial charge in [-0.2, -0.15) is 0 Å². The highest BCUT2D eigenvalue weighted by atomic mass is 16.3. The second-order valence-electron chi connectivity index (χ2n) is 3.82. The van der Waals surface area contributed by atoms with Crippen LogP contribution in [0.25, 0.3) is 0 Å². The van der Waals surface area contributed by atoms with E-state index >= 15 is 0 Å². The molecule has 0 unspecified atom stereocenters. The molecule has 0 saturated heterocycles. The molecule has 2 heterocycles. The molecule has 0 bridgehead atoms. The van der Waals surface area contributed by atoms with Crippen LogP contribution in [0.4, 0.5) is 0 Å². The van der Waals surface area contributed by atoms with Crippen molar-refractivity contribution in [3.63, 3.8) is 0 Å². The van der Waals surface area contributed by atoms with Gasteiger partial charge in [0, 0.05) is 11.8 Å². The molecule has 18 heavy (non-hydrogen) atoms. The van der Waals surface area contributed by atoms with Crippen LogP contribution in [0.1, 0.15) is 21.8 Å². The molecule has 2 aromatic heterocycles. The van der Waals surface area contributed by atoms with E-state index in [0.717, 1.165) is 5.69 Å². The summed E-state index contributed by atoms with van der Waals surface area (Å²) in [7, 11) is 0. The molecule has 0 aliphatic heterocycles. The standard InChI is InChI=1S/C12H13N3O3/c1-8-3-2-4-11(16)15(8)7-10-9(5-6-18-10)12(17)14-13/h2-6H,7,13H2,1H3,(H,14,17). The SMILES string of the molecule is Cc1cccc(=O)n1Cc1occc1C(=O)NN. The number of amides is 1. The van der Waals surface area contributed by atoms with Crippen molar-refractivity contribution in [3.8, 4) is 0 Å².